The minimum Gasteiger partial charge on any atom is -0.321 e. The summed E-state index contributed by atoms with van der Waals surface area (Å²) in [5, 5.41) is 0. The maximum Gasteiger partial charge on any atom is 0.128 e. The molecule has 3 heteroatoms. The standard InChI is InChI=1S/C14H19F2N/c1-13(2)5-7-14(17,8-6-13)11-9-10(15)3-4-12(11)16/h3-4,9H,5-8,17H2,1-2H3. The molecule has 2 rings (SSSR count). The highest BCUT2D eigenvalue weighted by molar-refractivity contribution is 5.27. The first-order chi connectivity index (χ1) is 7.82. The summed E-state index contributed by atoms with van der Waals surface area (Å²) >= 11 is 0. The molecule has 0 aromatic heterocycles. The van der Waals surface area contributed by atoms with Crippen molar-refractivity contribution in [2.24, 2.45) is 11.1 Å². The molecule has 0 saturated heterocycles. The summed E-state index contributed by atoms with van der Waals surface area (Å²) in [6.07, 6.45) is 3.31. The van der Waals surface area contributed by atoms with Gasteiger partial charge in [0, 0.05) is 11.1 Å². The summed E-state index contributed by atoms with van der Waals surface area (Å²) in [7, 11) is 0. The molecular weight excluding hydrogens is 220 g/mol. The minimum atomic E-state index is -0.707. The van der Waals surface area contributed by atoms with Crippen molar-refractivity contribution in [1.82, 2.24) is 0 Å². The molecule has 1 aromatic rings. The molecule has 1 fully saturated rings. The molecule has 1 aromatic carbocycles. The highest BCUT2D eigenvalue weighted by atomic mass is 19.1. The second-order valence-corrected chi connectivity index (χ2v) is 5.94. The molecule has 0 spiro atoms. The number of hydrogen-bond acceptors (Lipinski definition) is 1. The molecular formula is C14H19F2N. The molecule has 94 valence electrons. The maximum absolute atomic E-state index is 13.7. The van der Waals surface area contributed by atoms with Crippen LogP contribution in [0.4, 0.5) is 8.78 Å². The van der Waals surface area contributed by atoms with Crippen LogP contribution < -0.4 is 5.73 Å². The maximum atomic E-state index is 13.7. The molecule has 1 nitrogen and oxygen atoms in total. The zero-order valence-corrected chi connectivity index (χ0v) is 10.4. The van der Waals surface area contributed by atoms with Crippen LogP contribution in [-0.4, -0.2) is 0 Å². The Bertz CT molecular complexity index is 416. The summed E-state index contributed by atoms with van der Waals surface area (Å²) in [4.78, 5) is 0. The van der Waals surface area contributed by atoms with Gasteiger partial charge in [-0.15, -0.1) is 0 Å². The molecule has 0 heterocycles. The van der Waals surface area contributed by atoms with E-state index in [1.807, 2.05) is 0 Å². The predicted octanol–water partition coefficient (Wildman–Crippen LogP) is 3.72. The zero-order valence-electron chi connectivity index (χ0n) is 10.4. The van der Waals surface area contributed by atoms with E-state index in [4.69, 9.17) is 5.73 Å². The van der Waals surface area contributed by atoms with Gasteiger partial charge in [0.2, 0.25) is 0 Å². The van der Waals surface area contributed by atoms with Gasteiger partial charge >= 0.3 is 0 Å². The summed E-state index contributed by atoms with van der Waals surface area (Å²) in [5.74, 6) is -0.815. The van der Waals surface area contributed by atoms with Crippen molar-refractivity contribution in [1.29, 1.82) is 0 Å². The van der Waals surface area contributed by atoms with Crippen LogP contribution in [0.2, 0.25) is 0 Å². The van der Waals surface area contributed by atoms with Gasteiger partial charge < -0.3 is 5.73 Å². The molecule has 17 heavy (non-hydrogen) atoms. The number of hydrogen-bond donors (Lipinski definition) is 1. The summed E-state index contributed by atoms with van der Waals surface area (Å²) in [6.45, 7) is 4.38. The smallest absolute Gasteiger partial charge is 0.128 e. The van der Waals surface area contributed by atoms with Crippen molar-refractivity contribution in [3.63, 3.8) is 0 Å². The SMILES string of the molecule is CC1(C)CCC(N)(c2cc(F)ccc2F)CC1. The van der Waals surface area contributed by atoms with E-state index >= 15 is 0 Å². The number of benzene rings is 1. The molecule has 1 aliphatic rings. The van der Waals surface area contributed by atoms with Crippen LogP contribution in [0.3, 0.4) is 0 Å². The second-order valence-electron chi connectivity index (χ2n) is 5.94. The lowest BCUT2D eigenvalue weighted by Crippen LogP contribution is -2.43. The van der Waals surface area contributed by atoms with Crippen molar-refractivity contribution < 1.29 is 8.78 Å². The zero-order chi connectivity index (χ0) is 12.7. The van der Waals surface area contributed by atoms with Crippen LogP contribution in [0.25, 0.3) is 0 Å². The fourth-order valence-electron chi connectivity index (χ4n) is 2.52. The summed E-state index contributed by atoms with van der Waals surface area (Å²) < 4.78 is 26.9. The summed E-state index contributed by atoms with van der Waals surface area (Å²) in [6, 6.07) is 3.54. The van der Waals surface area contributed by atoms with Gasteiger partial charge in [0.1, 0.15) is 11.6 Å². The van der Waals surface area contributed by atoms with Gasteiger partial charge in [-0.2, -0.15) is 0 Å². The lowest BCUT2D eigenvalue weighted by Gasteiger charge is -2.41. The van der Waals surface area contributed by atoms with Gasteiger partial charge in [-0.1, -0.05) is 13.8 Å². The van der Waals surface area contributed by atoms with E-state index in [0.29, 0.717) is 18.4 Å². The van der Waals surface area contributed by atoms with Gasteiger partial charge in [-0.05, 0) is 49.3 Å². The molecule has 0 atom stereocenters. The number of rotatable bonds is 1. The van der Waals surface area contributed by atoms with Crippen LogP contribution in [0.1, 0.15) is 45.1 Å². The average molecular weight is 239 g/mol. The van der Waals surface area contributed by atoms with E-state index in [9.17, 15) is 8.78 Å². The van der Waals surface area contributed by atoms with E-state index in [0.717, 1.165) is 18.9 Å². The third-order valence-corrected chi connectivity index (χ3v) is 3.96. The van der Waals surface area contributed by atoms with E-state index in [2.05, 4.69) is 13.8 Å². The van der Waals surface area contributed by atoms with E-state index < -0.39 is 17.2 Å². The third kappa shape index (κ3) is 2.49. The lowest BCUT2D eigenvalue weighted by molar-refractivity contribution is 0.162. The fraction of sp³-hybridized carbons (Fsp3) is 0.571. The Balaban J connectivity index is 2.30. The third-order valence-electron chi connectivity index (χ3n) is 3.96. The van der Waals surface area contributed by atoms with Crippen molar-refractivity contribution in [2.45, 2.75) is 45.1 Å². The van der Waals surface area contributed by atoms with Gasteiger partial charge in [-0.25, -0.2) is 8.78 Å². The van der Waals surface area contributed by atoms with Crippen LogP contribution in [0.15, 0.2) is 18.2 Å². The lowest BCUT2D eigenvalue weighted by atomic mass is 9.67. The Kier molecular flexibility index (Phi) is 2.98. The molecule has 0 amide bonds. The Morgan fingerprint density at radius 2 is 1.65 bits per heavy atom. The predicted molar refractivity (Wildman–Crippen MR) is 64.5 cm³/mol. The van der Waals surface area contributed by atoms with Gasteiger partial charge in [-0.3, -0.25) is 0 Å². The van der Waals surface area contributed by atoms with Crippen LogP contribution in [0, 0.1) is 17.0 Å². The molecule has 1 saturated carbocycles. The monoisotopic (exact) mass is 239 g/mol. The van der Waals surface area contributed by atoms with Crippen molar-refractivity contribution in [3.05, 3.63) is 35.4 Å². The van der Waals surface area contributed by atoms with Crippen molar-refractivity contribution >= 4 is 0 Å². The summed E-state index contributed by atoms with van der Waals surface area (Å²) in [5.41, 5.74) is 6.14. The highest BCUT2D eigenvalue weighted by Crippen LogP contribution is 2.44. The van der Waals surface area contributed by atoms with E-state index in [1.54, 1.807) is 0 Å². The Morgan fingerprint density at radius 1 is 1.06 bits per heavy atom. The minimum absolute atomic E-state index is 0.257. The van der Waals surface area contributed by atoms with Crippen LogP contribution in [0.5, 0.6) is 0 Å². The van der Waals surface area contributed by atoms with E-state index in [-0.39, 0.29) is 5.41 Å². The highest BCUT2D eigenvalue weighted by Gasteiger charge is 2.38. The average Bonchev–Trinajstić information content (AvgIpc) is 2.26. The largest absolute Gasteiger partial charge is 0.321 e. The first-order valence-corrected chi connectivity index (χ1v) is 6.07. The Labute approximate surface area is 101 Å². The van der Waals surface area contributed by atoms with Gasteiger partial charge in [0.25, 0.3) is 0 Å². The van der Waals surface area contributed by atoms with Gasteiger partial charge in [0.15, 0.2) is 0 Å². The second kappa shape index (κ2) is 4.05. The van der Waals surface area contributed by atoms with Crippen molar-refractivity contribution in [2.75, 3.05) is 0 Å². The van der Waals surface area contributed by atoms with Crippen LogP contribution >= 0.6 is 0 Å². The molecule has 0 aliphatic heterocycles. The molecule has 0 bridgehead atoms. The van der Waals surface area contributed by atoms with Gasteiger partial charge in [0.05, 0.1) is 0 Å². The number of nitrogens with two attached hydrogens (primary N) is 1. The van der Waals surface area contributed by atoms with Crippen molar-refractivity contribution in [3.8, 4) is 0 Å². The number of halogens is 2. The molecule has 0 unspecified atom stereocenters. The quantitative estimate of drug-likeness (QED) is 0.794. The van der Waals surface area contributed by atoms with E-state index in [1.165, 1.54) is 12.1 Å². The van der Waals surface area contributed by atoms with Crippen LogP contribution in [-0.2, 0) is 5.54 Å². The molecule has 2 N–H and O–H groups in total. The normalized spacial score (nSPS) is 22.4. The first-order valence-electron chi connectivity index (χ1n) is 6.07. The Hall–Kier alpha value is -0.960. The Morgan fingerprint density at radius 3 is 2.24 bits per heavy atom. The fourth-order valence-corrected chi connectivity index (χ4v) is 2.52. The molecule has 0 radical (unpaired) electrons. The topological polar surface area (TPSA) is 26.0 Å². The first kappa shape index (κ1) is 12.5. The molecule has 1 aliphatic carbocycles.